The predicted octanol–water partition coefficient (Wildman–Crippen LogP) is 6.62. The third kappa shape index (κ3) is 5.59. The minimum absolute atomic E-state index is 0.135. The van der Waals surface area contributed by atoms with E-state index in [-0.39, 0.29) is 11.0 Å². The van der Waals surface area contributed by atoms with Gasteiger partial charge in [-0.2, -0.15) is 13.2 Å². The molecule has 1 fully saturated rings. The highest BCUT2D eigenvalue weighted by atomic mass is 32.2. The zero-order chi connectivity index (χ0) is 21.2. The molecule has 0 aromatic heterocycles. The van der Waals surface area contributed by atoms with Crippen molar-refractivity contribution in [3.05, 3.63) is 54.1 Å². The van der Waals surface area contributed by atoms with E-state index in [4.69, 9.17) is 0 Å². The van der Waals surface area contributed by atoms with Gasteiger partial charge in [0.2, 0.25) is 0 Å². The van der Waals surface area contributed by atoms with E-state index in [0.29, 0.717) is 23.1 Å². The predicted molar refractivity (Wildman–Crippen MR) is 101 cm³/mol. The van der Waals surface area contributed by atoms with Crippen molar-refractivity contribution in [2.24, 2.45) is 4.99 Å². The smallest absolute Gasteiger partial charge is 0.406 e. The molecule has 1 unspecified atom stereocenters. The van der Waals surface area contributed by atoms with Crippen molar-refractivity contribution in [2.45, 2.75) is 31.1 Å². The second-order valence-corrected chi connectivity index (χ2v) is 7.51. The topological polar surface area (TPSA) is 24.8 Å². The third-order valence-electron chi connectivity index (χ3n) is 4.12. The van der Waals surface area contributed by atoms with Gasteiger partial charge >= 0.3 is 12.5 Å². The summed E-state index contributed by atoms with van der Waals surface area (Å²) in [5.74, 6) is -0.373. The number of benzene rings is 2. The number of hydrogen-bond acceptors (Lipinski definition) is 3. The van der Waals surface area contributed by atoms with E-state index in [1.54, 1.807) is 11.0 Å². The quantitative estimate of drug-likeness (QED) is 0.506. The van der Waals surface area contributed by atoms with Gasteiger partial charge in [0.05, 0.1) is 11.3 Å². The number of ether oxygens (including phenoxy) is 1. The first kappa shape index (κ1) is 21.4. The second-order valence-electron chi connectivity index (χ2n) is 6.24. The average Bonchev–Trinajstić information content (AvgIpc) is 3.04. The second kappa shape index (κ2) is 8.17. The molecule has 0 N–H and O–H groups in total. The van der Waals surface area contributed by atoms with Crippen LogP contribution in [0.15, 0.2) is 53.5 Å². The minimum Gasteiger partial charge on any atom is -0.406 e. The fraction of sp³-hybridized carbons (Fsp3) is 0.316. The van der Waals surface area contributed by atoms with Crippen molar-refractivity contribution in [2.75, 3.05) is 11.4 Å². The minimum atomic E-state index is -4.79. The van der Waals surface area contributed by atoms with E-state index in [2.05, 4.69) is 9.73 Å². The monoisotopic (exact) mass is 434 g/mol. The summed E-state index contributed by atoms with van der Waals surface area (Å²) in [6.07, 6.45) is -8.46. The first-order valence-electron chi connectivity index (χ1n) is 8.61. The number of amidine groups is 1. The van der Waals surface area contributed by atoms with Crippen molar-refractivity contribution in [3.8, 4) is 5.75 Å². The Hall–Kier alpha value is -2.36. The van der Waals surface area contributed by atoms with Crippen molar-refractivity contribution in [3.63, 3.8) is 0 Å². The zero-order valence-electron chi connectivity index (χ0n) is 15.1. The molecule has 1 aliphatic rings. The molecule has 3 rings (SSSR count). The van der Waals surface area contributed by atoms with Crippen molar-refractivity contribution >= 4 is 28.3 Å². The maximum Gasteiger partial charge on any atom is 0.573 e. The van der Waals surface area contributed by atoms with Crippen LogP contribution in [0.2, 0.25) is 0 Å². The van der Waals surface area contributed by atoms with Gasteiger partial charge < -0.3 is 9.64 Å². The molecule has 3 nitrogen and oxygen atoms in total. The molecule has 10 heteroatoms. The molecule has 156 valence electrons. The first-order chi connectivity index (χ1) is 13.5. The maximum atomic E-state index is 13.1. The van der Waals surface area contributed by atoms with Crippen LogP contribution in [0.1, 0.15) is 18.9 Å². The number of hydrogen-bond donors (Lipinski definition) is 0. The Kier molecular flexibility index (Phi) is 6.02. The highest BCUT2D eigenvalue weighted by Gasteiger charge is 2.34. The molecule has 2 aromatic carbocycles. The van der Waals surface area contributed by atoms with Crippen LogP contribution < -0.4 is 9.64 Å². The Labute approximate surface area is 167 Å². The normalized spacial score (nSPS) is 19.1. The van der Waals surface area contributed by atoms with Crippen molar-refractivity contribution < 1.29 is 31.1 Å². The lowest BCUT2D eigenvalue weighted by molar-refractivity contribution is -0.274. The lowest BCUT2D eigenvalue weighted by Gasteiger charge is -2.20. The maximum absolute atomic E-state index is 13.1. The van der Waals surface area contributed by atoms with E-state index in [9.17, 15) is 26.3 Å². The Bertz CT molecular complexity index is 880. The molecule has 0 radical (unpaired) electrons. The van der Waals surface area contributed by atoms with Crippen LogP contribution in [0.4, 0.5) is 37.7 Å². The van der Waals surface area contributed by atoms with Gasteiger partial charge in [-0.25, -0.2) is 4.99 Å². The molecule has 0 spiro atoms. The van der Waals surface area contributed by atoms with E-state index in [1.807, 2.05) is 6.92 Å². The van der Waals surface area contributed by atoms with Crippen LogP contribution in [0.25, 0.3) is 0 Å². The first-order valence-corrected chi connectivity index (χ1v) is 9.49. The number of nitrogens with zero attached hydrogens (tertiary/aromatic N) is 2. The van der Waals surface area contributed by atoms with Gasteiger partial charge in [-0.15, -0.1) is 13.2 Å². The molecule has 0 saturated carbocycles. The molecular formula is C19H16F6N2OS. The molecule has 1 heterocycles. The van der Waals surface area contributed by atoms with Gasteiger partial charge in [0.15, 0.2) is 5.17 Å². The molecule has 1 saturated heterocycles. The Morgan fingerprint density at radius 1 is 1.07 bits per heavy atom. The third-order valence-corrected chi connectivity index (χ3v) is 5.46. The molecule has 1 aliphatic heterocycles. The largest absolute Gasteiger partial charge is 0.573 e. The van der Waals surface area contributed by atoms with E-state index in [1.165, 1.54) is 30.0 Å². The standard InChI is InChI=1S/C19H16F6N2OS/c1-2-16-11-27(14-5-3-4-12(10-14)18(20,21)22)17(29-16)26-13-6-8-15(9-7-13)28-19(23,24)25/h3-10,16H,2,11H2,1H3. The number of thioether (sulfide) groups is 1. The molecule has 2 aromatic rings. The van der Waals surface area contributed by atoms with Crippen LogP contribution in [0.5, 0.6) is 5.75 Å². The van der Waals surface area contributed by atoms with Crippen LogP contribution >= 0.6 is 11.8 Å². The van der Waals surface area contributed by atoms with Gasteiger partial charge in [0.25, 0.3) is 0 Å². The number of halogens is 6. The number of alkyl halides is 6. The Balaban J connectivity index is 1.88. The summed E-state index contributed by atoms with van der Waals surface area (Å²) >= 11 is 1.42. The van der Waals surface area contributed by atoms with Crippen LogP contribution in [-0.4, -0.2) is 23.3 Å². The highest BCUT2D eigenvalue weighted by Crippen LogP contribution is 2.37. The summed E-state index contributed by atoms with van der Waals surface area (Å²) in [6, 6.07) is 9.97. The van der Waals surface area contributed by atoms with Gasteiger partial charge in [0.1, 0.15) is 5.75 Å². The summed E-state index contributed by atoms with van der Waals surface area (Å²) in [7, 11) is 0. The fourth-order valence-electron chi connectivity index (χ4n) is 2.73. The summed E-state index contributed by atoms with van der Waals surface area (Å²) in [5.41, 5.74) is -0.0252. The lowest BCUT2D eigenvalue weighted by Crippen LogP contribution is -2.25. The zero-order valence-corrected chi connectivity index (χ0v) is 15.9. The molecule has 0 bridgehead atoms. The van der Waals surface area contributed by atoms with Crippen LogP contribution in [0, 0.1) is 0 Å². The van der Waals surface area contributed by atoms with Gasteiger partial charge in [-0.05, 0) is 48.9 Å². The highest BCUT2D eigenvalue weighted by molar-refractivity contribution is 8.15. The van der Waals surface area contributed by atoms with Crippen molar-refractivity contribution in [1.29, 1.82) is 0 Å². The average molecular weight is 434 g/mol. The van der Waals surface area contributed by atoms with Crippen LogP contribution in [-0.2, 0) is 6.18 Å². The molecule has 0 aliphatic carbocycles. The van der Waals surface area contributed by atoms with Crippen LogP contribution in [0.3, 0.4) is 0 Å². The van der Waals surface area contributed by atoms with E-state index >= 15 is 0 Å². The Morgan fingerprint density at radius 2 is 1.76 bits per heavy atom. The van der Waals surface area contributed by atoms with Gasteiger partial charge in [-0.1, -0.05) is 24.8 Å². The molecule has 0 amide bonds. The number of rotatable bonds is 4. The van der Waals surface area contributed by atoms with Gasteiger partial charge in [0, 0.05) is 17.5 Å². The van der Waals surface area contributed by atoms with E-state index < -0.39 is 18.1 Å². The summed E-state index contributed by atoms with van der Waals surface area (Å²) in [5, 5.41) is 0.622. The Morgan fingerprint density at radius 3 is 2.34 bits per heavy atom. The number of aliphatic imine (C=N–C) groups is 1. The fourth-order valence-corrected chi connectivity index (χ4v) is 3.88. The summed E-state index contributed by atoms with van der Waals surface area (Å²) < 4.78 is 79.8. The van der Waals surface area contributed by atoms with Gasteiger partial charge in [-0.3, -0.25) is 0 Å². The number of anilines is 1. The SMILES string of the molecule is CCC1CN(c2cccc(C(F)(F)F)c2)C(=Nc2ccc(OC(F)(F)F)cc2)S1. The molecule has 29 heavy (non-hydrogen) atoms. The summed E-state index contributed by atoms with van der Waals surface area (Å²) in [4.78, 5) is 6.12. The molecule has 1 atom stereocenters. The molecular weight excluding hydrogens is 418 g/mol. The summed E-state index contributed by atoms with van der Waals surface area (Å²) in [6.45, 7) is 2.45. The van der Waals surface area contributed by atoms with E-state index in [0.717, 1.165) is 30.7 Å². The van der Waals surface area contributed by atoms with Crippen molar-refractivity contribution in [1.82, 2.24) is 0 Å². The lowest BCUT2D eigenvalue weighted by atomic mass is 10.1.